The van der Waals surface area contributed by atoms with Crippen LogP contribution in [0.5, 0.6) is 23.0 Å². The van der Waals surface area contributed by atoms with Crippen molar-refractivity contribution in [3.63, 3.8) is 0 Å². The molecule has 2 heterocycles. The number of halogens is 4. The molecule has 1 saturated heterocycles. The largest absolute Gasteiger partial charge is 0.454 e. The summed E-state index contributed by atoms with van der Waals surface area (Å²) in [4.78, 5) is 12.6. The van der Waals surface area contributed by atoms with Gasteiger partial charge in [-0.15, -0.1) is 0 Å². The summed E-state index contributed by atoms with van der Waals surface area (Å²) in [6.07, 6.45) is 3.77. The van der Waals surface area contributed by atoms with Crippen LogP contribution in [0.15, 0.2) is 42.5 Å². The van der Waals surface area contributed by atoms with Gasteiger partial charge in [-0.2, -0.15) is 17.6 Å². The molecule has 0 aliphatic carbocycles. The highest BCUT2D eigenvalue weighted by Gasteiger charge is 2.36. The average Bonchev–Trinajstić information content (AvgIpc) is 3.30. The molecule has 0 atom stereocenters. The van der Waals surface area contributed by atoms with E-state index in [1.54, 1.807) is 0 Å². The lowest BCUT2D eigenvalue weighted by atomic mass is 9.74. The van der Waals surface area contributed by atoms with Crippen molar-refractivity contribution in [1.29, 1.82) is 0 Å². The molecule has 0 aromatic heterocycles. The SMILES string of the molecule is O=C(/C=C/c1ccc(OC(F)F)cc1OC(F)F)NCC1(c2ccc3c(c2)OCO3)CCOCC1. The molecule has 35 heavy (non-hydrogen) atoms. The van der Waals surface area contributed by atoms with Crippen molar-refractivity contribution in [2.24, 2.45) is 0 Å². The zero-order chi connectivity index (χ0) is 24.8. The van der Waals surface area contributed by atoms with Gasteiger partial charge in [0.1, 0.15) is 11.5 Å². The second-order valence-corrected chi connectivity index (χ2v) is 7.97. The Balaban J connectivity index is 1.46. The first-order valence-corrected chi connectivity index (χ1v) is 10.8. The molecule has 2 aliphatic heterocycles. The third-order valence-corrected chi connectivity index (χ3v) is 5.88. The molecule has 0 spiro atoms. The number of hydrogen-bond donors (Lipinski definition) is 1. The van der Waals surface area contributed by atoms with Gasteiger partial charge in [0.15, 0.2) is 11.5 Å². The van der Waals surface area contributed by atoms with Gasteiger partial charge in [-0.3, -0.25) is 4.79 Å². The van der Waals surface area contributed by atoms with Crippen molar-refractivity contribution in [2.75, 3.05) is 26.6 Å². The molecule has 1 N–H and O–H groups in total. The van der Waals surface area contributed by atoms with E-state index in [-0.39, 0.29) is 23.5 Å². The lowest BCUT2D eigenvalue weighted by molar-refractivity contribution is -0.116. The van der Waals surface area contributed by atoms with Gasteiger partial charge in [-0.05, 0) is 48.7 Å². The van der Waals surface area contributed by atoms with E-state index in [1.807, 2.05) is 18.2 Å². The van der Waals surface area contributed by atoms with E-state index >= 15 is 0 Å². The molecule has 2 aromatic carbocycles. The Labute approximate surface area is 198 Å². The minimum absolute atomic E-state index is 0.0959. The Bertz CT molecular complexity index is 1070. The molecule has 2 aliphatic rings. The molecule has 1 fully saturated rings. The monoisotopic (exact) mass is 497 g/mol. The van der Waals surface area contributed by atoms with Gasteiger partial charge in [0.05, 0.1) is 0 Å². The zero-order valence-corrected chi connectivity index (χ0v) is 18.5. The number of fused-ring (bicyclic) bond motifs is 1. The molecular formula is C24H23F4NO6. The van der Waals surface area contributed by atoms with E-state index in [2.05, 4.69) is 14.8 Å². The second kappa shape index (κ2) is 10.9. The van der Waals surface area contributed by atoms with Crippen LogP contribution in [-0.4, -0.2) is 45.7 Å². The van der Waals surface area contributed by atoms with Crippen LogP contribution in [0.3, 0.4) is 0 Å². The van der Waals surface area contributed by atoms with Crippen molar-refractivity contribution in [3.8, 4) is 23.0 Å². The molecule has 0 radical (unpaired) electrons. The van der Waals surface area contributed by atoms with Crippen LogP contribution >= 0.6 is 0 Å². The topological polar surface area (TPSA) is 75.3 Å². The van der Waals surface area contributed by atoms with E-state index in [9.17, 15) is 22.4 Å². The van der Waals surface area contributed by atoms with Crippen LogP contribution in [0.1, 0.15) is 24.0 Å². The summed E-state index contributed by atoms with van der Waals surface area (Å²) in [5.41, 5.74) is 0.691. The maximum absolute atomic E-state index is 12.8. The highest BCUT2D eigenvalue weighted by molar-refractivity contribution is 5.92. The van der Waals surface area contributed by atoms with Crippen molar-refractivity contribution in [3.05, 3.63) is 53.6 Å². The maximum Gasteiger partial charge on any atom is 0.387 e. The van der Waals surface area contributed by atoms with Crippen molar-refractivity contribution < 1.29 is 46.0 Å². The normalized spacial score (nSPS) is 16.6. The molecule has 0 unspecified atom stereocenters. The van der Waals surface area contributed by atoms with Crippen LogP contribution < -0.4 is 24.3 Å². The van der Waals surface area contributed by atoms with E-state index in [4.69, 9.17) is 14.2 Å². The summed E-state index contributed by atoms with van der Waals surface area (Å²) < 4.78 is 75.4. The number of amides is 1. The Morgan fingerprint density at radius 2 is 1.74 bits per heavy atom. The smallest absolute Gasteiger partial charge is 0.387 e. The summed E-state index contributed by atoms with van der Waals surface area (Å²) in [5, 5.41) is 2.86. The standard InChI is InChI=1S/C24H23F4NO6/c25-22(26)34-17-4-1-15(19(12-17)35-23(27)28)2-6-21(30)29-13-24(7-9-31-10-8-24)16-3-5-18-20(11-16)33-14-32-18/h1-6,11-12,22-23H,7-10,13-14H2,(H,29,30)/b6-2+. The number of ether oxygens (including phenoxy) is 5. The summed E-state index contributed by atoms with van der Waals surface area (Å²) in [6, 6.07) is 9.00. The van der Waals surface area contributed by atoms with Crippen LogP contribution in [-0.2, 0) is 14.9 Å². The number of carbonyl (C=O) groups is 1. The minimum atomic E-state index is -3.19. The van der Waals surface area contributed by atoms with Crippen LogP contribution in [0.2, 0.25) is 0 Å². The average molecular weight is 497 g/mol. The third kappa shape index (κ3) is 6.16. The van der Waals surface area contributed by atoms with E-state index < -0.39 is 24.9 Å². The number of hydrogen-bond acceptors (Lipinski definition) is 6. The highest BCUT2D eigenvalue weighted by Crippen LogP contribution is 2.40. The molecule has 188 valence electrons. The molecular weight excluding hydrogens is 474 g/mol. The first-order valence-electron chi connectivity index (χ1n) is 10.8. The third-order valence-electron chi connectivity index (χ3n) is 5.88. The Morgan fingerprint density at radius 1 is 1.00 bits per heavy atom. The lowest BCUT2D eigenvalue weighted by Crippen LogP contribution is -2.44. The molecule has 0 bridgehead atoms. The van der Waals surface area contributed by atoms with Gasteiger partial charge in [-0.1, -0.05) is 6.07 Å². The van der Waals surface area contributed by atoms with Gasteiger partial charge in [0.2, 0.25) is 12.7 Å². The van der Waals surface area contributed by atoms with Gasteiger partial charge in [-0.25, -0.2) is 0 Å². The van der Waals surface area contributed by atoms with Gasteiger partial charge in [0, 0.05) is 42.9 Å². The number of benzene rings is 2. The lowest BCUT2D eigenvalue weighted by Gasteiger charge is -2.38. The fourth-order valence-corrected chi connectivity index (χ4v) is 4.06. The van der Waals surface area contributed by atoms with E-state index in [0.29, 0.717) is 44.1 Å². The Kier molecular flexibility index (Phi) is 7.64. The number of rotatable bonds is 9. The van der Waals surface area contributed by atoms with E-state index in [1.165, 1.54) is 18.2 Å². The van der Waals surface area contributed by atoms with Crippen molar-refractivity contribution >= 4 is 12.0 Å². The molecule has 11 heteroatoms. The predicted molar refractivity (Wildman–Crippen MR) is 116 cm³/mol. The molecule has 0 saturated carbocycles. The molecule has 7 nitrogen and oxygen atoms in total. The zero-order valence-electron chi connectivity index (χ0n) is 18.5. The van der Waals surface area contributed by atoms with Crippen LogP contribution in [0.25, 0.3) is 6.08 Å². The first-order chi connectivity index (χ1) is 16.8. The fourth-order valence-electron chi connectivity index (χ4n) is 4.06. The number of alkyl halides is 4. The van der Waals surface area contributed by atoms with E-state index in [0.717, 1.165) is 17.7 Å². The van der Waals surface area contributed by atoms with Gasteiger partial charge in [0.25, 0.3) is 0 Å². The fraction of sp³-hybridized carbons (Fsp3) is 0.375. The quantitative estimate of drug-likeness (QED) is 0.406. The maximum atomic E-state index is 12.8. The Hall–Kier alpha value is -3.47. The summed E-state index contributed by atoms with van der Waals surface area (Å²) >= 11 is 0. The van der Waals surface area contributed by atoms with Crippen molar-refractivity contribution in [2.45, 2.75) is 31.5 Å². The van der Waals surface area contributed by atoms with Crippen LogP contribution in [0, 0.1) is 0 Å². The summed E-state index contributed by atoms with van der Waals surface area (Å²) in [6.45, 7) is -4.79. The number of nitrogens with one attached hydrogen (secondary N) is 1. The van der Waals surface area contributed by atoms with Gasteiger partial charge >= 0.3 is 13.2 Å². The highest BCUT2D eigenvalue weighted by atomic mass is 19.3. The molecule has 2 aromatic rings. The second-order valence-electron chi connectivity index (χ2n) is 7.97. The minimum Gasteiger partial charge on any atom is -0.454 e. The summed E-state index contributed by atoms with van der Waals surface area (Å²) in [7, 11) is 0. The van der Waals surface area contributed by atoms with Gasteiger partial charge < -0.3 is 29.0 Å². The molecule has 4 rings (SSSR count). The first kappa shape index (κ1) is 24.6. The Morgan fingerprint density at radius 3 is 2.49 bits per heavy atom. The predicted octanol–water partition coefficient (Wildman–Crippen LogP) is 4.50. The molecule has 1 amide bonds. The van der Waals surface area contributed by atoms with Crippen molar-refractivity contribution in [1.82, 2.24) is 5.32 Å². The van der Waals surface area contributed by atoms with Crippen LogP contribution in [0.4, 0.5) is 17.6 Å². The number of carbonyl (C=O) groups excluding carboxylic acids is 1. The summed E-state index contributed by atoms with van der Waals surface area (Å²) in [5.74, 6) is 0.0959.